The van der Waals surface area contributed by atoms with Gasteiger partial charge in [0.15, 0.2) is 0 Å². The number of hydrogen-bond acceptors (Lipinski definition) is 3. The van der Waals surface area contributed by atoms with Gasteiger partial charge in [0.1, 0.15) is 5.82 Å². The van der Waals surface area contributed by atoms with Gasteiger partial charge in [0.2, 0.25) is 0 Å². The third-order valence-electron chi connectivity index (χ3n) is 4.21. The lowest BCUT2D eigenvalue weighted by atomic mass is 9.93. The van der Waals surface area contributed by atoms with E-state index in [1.807, 2.05) is 6.92 Å². The van der Waals surface area contributed by atoms with Crippen LogP contribution in [-0.2, 0) is 20.9 Å². The van der Waals surface area contributed by atoms with E-state index in [-0.39, 0.29) is 17.3 Å². The summed E-state index contributed by atoms with van der Waals surface area (Å²) in [5, 5.41) is 0.219. The Labute approximate surface area is 138 Å². The Morgan fingerprint density at radius 1 is 1.17 bits per heavy atom. The molecule has 2 amide bonds. The van der Waals surface area contributed by atoms with E-state index < -0.39 is 17.6 Å². The summed E-state index contributed by atoms with van der Waals surface area (Å²) in [5.41, 5.74) is 1.56. The molecule has 0 spiro atoms. The second-order valence-corrected chi connectivity index (χ2v) is 6.05. The normalized spacial score (nSPS) is 18.0. The summed E-state index contributed by atoms with van der Waals surface area (Å²) in [6.07, 6.45) is 2.92. The van der Waals surface area contributed by atoms with Crippen LogP contribution in [0.4, 0.5) is 10.1 Å². The summed E-state index contributed by atoms with van der Waals surface area (Å²) in [4.78, 5) is 26.0. The molecule has 0 N–H and O–H groups in total. The van der Waals surface area contributed by atoms with Gasteiger partial charge < -0.3 is 4.74 Å². The first-order valence-electron chi connectivity index (χ1n) is 7.71. The summed E-state index contributed by atoms with van der Waals surface area (Å²) in [6.45, 7) is 2.52. The highest BCUT2D eigenvalue weighted by Gasteiger charge is 2.40. The number of nitrogens with zero attached hydrogens (tertiary/aromatic N) is 1. The molecule has 0 unspecified atom stereocenters. The molecule has 0 radical (unpaired) electrons. The predicted molar refractivity (Wildman–Crippen MR) is 84.7 cm³/mol. The molecule has 122 valence electrons. The number of ether oxygens (including phenoxy) is 1. The summed E-state index contributed by atoms with van der Waals surface area (Å²) < 4.78 is 19.6. The minimum atomic E-state index is -0.684. The molecule has 1 aromatic carbocycles. The highest BCUT2D eigenvalue weighted by Crippen LogP contribution is 2.37. The van der Waals surface area contributed by atoms with Gasteiger partial charge >= 0.3 is 0 Å². The molecule has 1 aliphatic heterocycles. The summed E-state index contributed by atoms with van der Waals surface area (Å²) in [5.74, 6) is -1.50. The topological polar surface area (TPSA) is 46.6 Å². The zero-order valence-electron chi connectivity index (χ0n) is 12.8. The van der Waals surface area contributed by atoms with Crippen molar-refractivity contribution in [1.29, 1.82) is 0 Å². The molecule has 0 saturated heterocycles. The first-order chi connectivity index (χ1) is 11.0. The molecular formula is C17H17ClFNO3. The SMILES string of the molecule is CCOCc1cc(N2C(=O)C3=C(CCCC3)C2=O)c(F)cc1Cl. The van der Waals surface area contributed by atoms with Crippen LogP contribution in [0.25, 0.3) is 0 Å². The lowest BCUT2D eigenvalue weighted by Crippen LogP contribution is -2.32. The first kappa shape index (κ1) is 16.1. The fraction of sp³-hybridized carbons (Fsp3) is 0.412. The van der Waals surface area contributed by atoms with Crippen LogP contribution in [0.1, 0.15) is 38.2 Å². The van der Waals surface area contributed by atoms with E-state index in [4.69, 9.17) is 16.3 Å². The number of amides is 2. The van der Waals surface area contributed by atoms with E-state index in [0.717, 1.165) is 23.8 Å². The molecule has 0 aromatic heterocycles. The molecule has 0 fully saturated rings. The zero-order valence-corrected chi connectivity index (χ0v) is 13.6. The van der Waals surface area contributed by atoms with Gasteiger partial charge in [-0.3, -0.25) is 9.59 Å². The molecule has 1 aliphatic carbocycles. The summed E-state index contributed by atoms with van der Waals surface area (Å²) in [7, 11) is 0. The third-order valence-corrected chi connectivity index (χ3v) is 4.56. The van der Waals surface area contributed by atoms with Crippen molar-refractivity contribution in [3.8, 4) is 0 Å². The molecule has 4 nitrogen and oxygen atoms in total. The van der Waals surface area contributed by atoms with Crippen LogP contribution in [0.2, 0.25) is 5.02 Å². The van der Waals surface area contributed by atoms with Crippen molar-refractivity contribution >= 4 is 29.1 Å². The lowest BCUT2D eigenvalue weighted by Gasteiger charge is -2.18. The maximum Gasteiger partial charge on any atom is 0.261 e. The number of hydrogen-bond donors (Lipinski definition) is 0. The lowest BCUT2D eigenvalue weighted by molar-refractivity contribution is -0.120. The number of halogens is 2. The molecule has 0 atom stereocenters. The second kappa shape index (κ2) is 6.42. The molecule has 2 aliphatic rings. The zero-order chi connectivity index (χ0) is 16.6. The van der Waals surface area contributed by atoms with Gasteiger partial charge in [-0.1, -0.05) is 11.6 Å². The van der Waals surface area contributed by atoms with Crippen LogP contribution < -0.4 is 4.90 Å². The maximum absolute atomic E-state index is 14.3. The molecular weight excluding hydrogens is 321 g/mol. The van der Waals surface area contributed by atoms with Crippen molar-refractivity contribution in [2.24, 2.45) is 0 Å². The fourth-order valence-electron chi connectivity index (χ4n) is 3.03. The van der Waals surface area contributed by atoms with Crippen molar-refractivity contribution < 1.29 is 18.7 Å². The number of benzene rings is 1. The van der Waals surface area contributed by atoms with Gasteiger partial charge in [0.05, 0.1) is 12.3 Å². The first-order valence-corrected chi connectivity index (χ1v) is 8.08. The Hall–Kier alpha value is -1.72. The summed E-state index contributed by atoms with van der Waals surface area (Å²) in [6, 6.07) is 2.56. The number of carbonyl (C=O) groups excluding carboxylic acids is 2. The molecule has 6 heteroatoms. The average molecular weight is 338 g/mol. The van der Waals surface area contributed by atoms with Gasteiger partial charge in [-0.2, -0.15) is 0 Å². The van der Waals surface area contributed by atoms with Crippen LogP contribution in [-0.4, -0.2) is 18.4 Å². The van der Waals surface area contributed by atoms with Gasteiger partial charge in [0.25, 0.3) is 11.8 Å². The second-order valence-electron chi connectivity index (χ2n) is 5.64. The van der Waals surface area contributed by atoms with E-state index >= 15 is 0 Å². The smallest absolute Gasteiger partial charge is 0.261 e. The van der Waals surface area contributed by atoms with Crippen molar-refractivity contribution in [1.82, 2.24) is 0 Å². The average Bonchev–Trinajstić information content (AvgIpc) is 2.79. The Morgan fingerprint density at radius 2 is 1.78 bits per heavy atom. The van der Waals surface area contributed by atoms with Crippen LogP contribution in [0.5, 0.6) is 0 Å². The minimum Gasteiger partial charge on any atom is -0.377 e. The standard InChI is InChI=1S/C17H17ClFNO3/c1-2-23-9-10-7-15(14(19)8-13(10)18)20-16(21)11-5-3-4-6-12(11)17(20)22/h7-8H,2-6,9H2,1H3. The van der Waals surface area contributed by atoms with Gasteiger partial charge in [-0.05, 0) is 50.3 Å². The van der Waals surface area contributed by atoms with Gasteiger partial charge in [0, 0.05) is 22.8 Å². The number of imide groups is 1. The molecule has 23 heavy (non-hydrogen) atoms. The van der Waals surface area contributed by atoms with E-state index in [2.05, 4.69) is 0 Å². The van der Waals surface area contributed by atoms with Crippen molar-refractivity contribution in [2.45, 2.75) is 39.2 Å². The summed E-state index contributed by atoms with van der Waals surface area (Å²) >= 11 is 6.02. The maximum atomic E-state index is 14.3. The van der Waals surface area contributed by atoms with Crippen molar-refractivity contribution in [2.75, 3.05) is 11.5 Å². The van der Waals surface area contributed by atoms with Crippen molar-refractivity contribution in [3.63, 3.8) is 0 Å². The highest BCUT2D eigenvalue weighted by molar-refractivity contribution is 6.34. The van der Waals surface area contributed by atoms with E-state index in [0.29, 0.717) is 36.2 Å². The Morgan fingerprint density at radius 3 is 2.35 bits per heavy atom. The fourth-order valence-corrected chi connectivity index (χ4v) is 3.24. The number of carbonyl (C=O) groups is 2. The molecule has 0 bridgehead atoms. The van der Waals surface area contributed by atoms with Gasteiger partial charge in [-0.15, -0.1) is 0 Å². The van der Waals surface area contributed by atoms with Crippen molar-refractivity contribution in [3.05, 3.63) is 39.7 Å². The molecule has 0 saturated carbocycles. The van der Waals surface area contributed by atoms with Crippen LogP contribution in [0.15, 0.2) is 23.3 Å². The van der Waals surface area contributed by atoms with Crippen LogP contribution in [0, 0.1) is 5.82 Å². The van der Waals surface area contributed by atoms with Gasteiger partial charge in [-0.25, -0.2) is 9.29 Å². The Bertz CT molecular complexity index is 686. The van der Waals surface area contributed by atoms with Crippen LogP contribution in [0.3, 0.4) is 0 Å². The van der Waals surface area contributed by atoms with Crippen LogP contribution >= 0.6 is 11.6 Å². The quantitative estimate of drug-likeness (QED) is 0.786. The molecule has 3 rings (SSSR count). The largest absolute Gasteiger partial charge is 0.377 e. The van der Waals surface area contributed by atoms with E-state index in [1.54, 1.807) is 0 Å². The number of anilines is 1. The van der Waals surface area contributed by atoms with E-state index in [1.165, 1.54) is 6.07 Å². The Balaban J connectivity index is 1.99. The molecule has 1 heterocycles. The monoisotopic (exact) mass is 337 g/mol. The molecule has 1 aromatic rings. The minimum absolute atomic E-state index is 0.0477. The number of rotatable bonds is 4. The predicted octanol–water partition coefficient (Wildman–Crippen LogP) is 3.76. The highest BCUT2D eigenvalue weighted by atomic mass is 35.5. The van der Waals surface area contributed by atoms with E-state index in [9.17, 15) is 14.0 Å². The Kier molecular flexibility index (Phi) is 4.50. The third kappa shape index (κ3) is 2.79.